The number of carbonyl (C=O) groups excluding carboxylic acids is 2. The van der Waals surface area contributed by atoms with Crippen LogP contribution in [0.25, 0.3) is 0 Å². The van der Waals surface area contributed by atoms with E-state index in [2.05, 4.69) is 24.1 Å². The molecule has 5 heteroatoms. The molecule has 1 aromatic rings. The van der Waals surface area contributed by atoms with Crippen LogP contribution in [0.15, 0.2) is 24.3 Å². The maximum atomic E-state index is 12.3. The van der Waals surface area contributed by atoms with E-state index < -0.39 is 11.8 Å². The highest BCUT2D eigenvalue weighted by Gasteiger charge is 2.28. The van der Waals surface area contributed by atoms with Crippen molar-refractivity contribution in [3.63, 3.8) is 0 Å². The zero-order chi connectivity index (χ0) is 16.8. The van der Waals surface area contributed by atoms with Gasteiger partial charge in [0.2, 0.25) is 0 Å². The van der Waals surface area contributed by atoms with E-state index in [1.54, 1.807) is 4.90 Å². The molecule has 1 fully saturated rings. The van der Waals surface area contributed by atoms with E-state index in [1.807, 2.05) is 31.2 Å². The van der Waals surface area contributed by atoms with Crippen molar-refractivity contribution in [1.29, 1.82) is 0 Å². The first kappa shape index (κ1) is 17.3. The van der Waals surface area contributed by atoms with Crippen molar-refractivity contribution < 1.29 is 9.59 Å². The first-order chi connectivity index (χ1) is 11.1. The minimum Gasteiger partial charge on any atom is -0.372 e. The SMILES string of the molecule is CCN(CC)c1ccc(NC(=O)C(=O)N2CCCCC2C)cc1. The number of nitrogens with one attached hydrogen (secondary N) is 1. The van der Waals surface area contributed by atoms with Gasteiger partial charge in [-0.2, -0.15) is 0 Å². The van der Waals surface area contributed by atoms with Crippen molar-refractivity contribution in [2.45, 2.75) is 46.1 Å². The Bertz CT molecular complexity index is 538. The largest absolute Gasteiger partial charge is 0.372 e. The molecule has 0 aromatic heterocycles. The van der Waals surface area contributed by atoms with E-state index >= 15 is 0 Å². The highest BCUT2D eigenvalue weighted by Crippen LogP contribution is 2.19. The first-order valence-corrected chi connectivity index (χ1v) is 8.53. The van der Waals surface area contributed by atoms with Crippen molar-refractivity contribution in [2.75, 3.05) is 29.9 Å². The molecule has 2 amide bonds. The van der Waals surface area contributed by atoms with Gasteiger partial charge in [-0.25, -0.2) is 0 Å². The van der Waals surface area contributed by atoms with E-state index in [0.29, 0.717) is 12.2 Å². The van der Waals surface area contributed by atoms with Crippen LogP contribution in [0.5, 0.6) is 0 Å². The van der Waals surface area contributed by atoms with Gasteiger partial charge in [0.15, 0.2) is 0 Å². The molecule has 126 valence electrons. The fraction of sp³-hybridized carbons (Fsp3) is 0.556. The van der Waals surface area contributed by atoms with Crippen molar-refractivity contribution >= 4 is 23.2 Å². The lowest BCUT2D eigenvalue weighted by molar-refractivity contribution is -0.145. The molecule has 1 aromatic carbocycles. The van der Waals surface area contributed by atoms with Gasteiger partial charge in [-0.1, -0.05) is 0 Å². The molecule has 0 spiro atoms. The number of carbonyl (C=O) groups is 2. The summed E-state index contributed by atoms with van der Waals surface area (Å²) in [7, 11) is 0. The smallest absolute Gasteiger partial charge is 0.313 e. The van der Waals surface area contributed by atoms with Crippen LogP contribution in [0, 0.1) is 0 Å². The number of nitrogens with zero attached hydrogens (tertiary/aromatic N) is 2. The Morgan fingerprint density at radius 2 is 1.83 bits per heavy atom. The lowest BCUT2D eigenvalue weighted by Crippen LogP contribution is -2.47. The number of likely N-dealkylation sites (tertiary alicyclic amines) is 1. The molecule has 1 N–H and O–H groups in total. The summed E-state index contributed by atoms with van der Waals surface area (Å²) in [4.78, 5) is 28.4. The van der Waals surface area contributed by atoms with Gasteiger partial charge < -0.3 is 15.1 Å². The second-order valence-electron chi connectivity index (χ2n) is 6.02. The predicted molar refractivity (Wildman–Crippen MR) is 93.7 cm³/mol. The van der Waals surface area contributed by atoms with Crippen LogP contribution in [0.1, 0.15) is 40.0 Å². The minimum absolute atomic E-state index is 0.145. The normalized spacial score (nSPS) is 17.7. The summed E-state index contributed by atoms with van der Waals surface area (Å²) in [5.74, 6) is -0.973. The highest BCUT2D eigenvalue weighted by atomic mass is 16.2. The lowest BCUT2D eigenvalue weighted by Gasteiger charge is -2.32. The second-order valence-corrected chi connectivity index (χ2v) is 6.02. The van der Waals surface area contributed by atoms with Gasteiger partial charge in [0.1, 0.15) is 0 Å². The molecule has 1 saturated heterocycles. The third-order valence-corrected chi connectivity index (χ3v) is 4.51. The third-order valence-electron chi connectivity index (χ3n) is 4.51. The number of anilines is 2. The maximum Gasteiger partial charge on any atom is 0.313 e. The molecule has 23 heavy (non-hydrogen) atoms. The monoisotopic (exact) mass is 317 g/mol. The topological polar surface area (TPSA) is 52.7 Å². The van der Waals surface area contributed by atoms with Gasteiger partial charge in [-0.3, -0.25) is 9.59 Å². The number of piperidine rings is 1. The number of hydrogen-bond donors (Lipinski definition) is 1. The zero-order valence-electron chi connectivity index (χ0n) is 14.3. The molecular weight excluding hydrogens is 290 g/mol. The molecule has 1 aliphatic heterocycles. The van der Waals surface area contributed by atoms with Crippen molar-refractivity contribution in [3.8, 4) is 0 Å². The highest BCUT2D eigenvalue weighted by molar-refractivity contribution is 6.39. The Labute approximate surface area is 138 Å². The fourth-order valence-corrected chi connectivity index (χ4v) is 3.06. The molecule has 0 radical (unpaired) electrons. The molecule has 1 heterocycles. The summed E-state index contributed by atoms with van der Waals surface area (Å²) >= 11 is 0. The van der Waals surface area contributed by atoms with Crippen LogP contribution in [-0.2, 0) is 9.59 Å². The zero-order valence-corrected chi connectivity index (χ0v) is 14.3. The molecule has 2 rings (SSSR count). The van der Waals surface area contributed by atoms with E-state index in [4.69, 9.17) is 0 Å². The van der Waals surface area contributed by atoms with E-state index in [1.165, 1.54) is 0 Å². The Morgan fingerprint density at radius 3 is 2.39 bits per heavy atom. The van der Waals surface area contributed by atoms with Crippen LogP contribution in [0.3, 0.4) is 0 Å². The van der Waals surface area contributed by atoms with Gasteiger partial charge in [0.05, 0.1) is 0 Å². The number of hydrogen-bond acceptors (Lipinski definition) is 3. The summed E-state index contributed by atoms with van der Waals surface area (Å²) in [5, 5.41) is 2.71. The molecule has 1 aliphatic rings. The molecule has 0 aliphatic carbocycles. The molecule has 5 nitrogen and oxygen atoms in total. The van der Waals surface area contributed by atoms with Crippen LogP contribution >= 0.6 is 0 Å². The number of amides is 2. The van der Waals surface area contributed by atoms with Crippen LogP contribution < -0.4 is 10.2 Å². The van der Waals surface area contributed by atoms with Crippen LogP contribution in [0.4, 0.5) is 11.4 Å². The minimum atomic E-state index is -0.547. The van der Waals surface area contributed by atoms with E-state index in [9.17, 15) is 9.59 Å². The molecule has 1 unspecified atom stereocenters. The Balaban J connectivity index is 1.98. The van der Waals surface area contributed by atoms with Crippen LogP contribution in [0.2, 0.25) is 0 Å². The molecular formula is C18H27N3O2. The average Bonchev–Trinajstić information content (AvgIpc) is 2.57. The lowest BCUT2D eigenvalue weighted by atomic mass is 10.0. The van der Waals surface area contributed by atoms with Crippen molar-refractivity contribution in [1.82, 2.24) is 4.90 Å². The van der Waals surface area contributed by atoms with Crippen molar-refractivity contribution in [3.05, 3.63) is 24.3 Å². The van der Waals surface area contributed by atoms with Gasteiger partial charge in [-0.05, 0) is 64.3 Å². The Kier molecular flexibility index (Phi) is 6.02. The third kappa shape index (κ3) is 4.24. The molecule has 1 atom stereocenters. The second kappa shape index (κ2) is 7.99. The quantitative estimate of drug-likeness (QED) is 0.869. The van der Waals surface area contributed by atoms with Crippen LogP contribution in [-0.4, -0.2) is 42.4 Å². The van der Waals surface area contributed by atoms with Crippen molar-refractivity contribution in [2.24, 2.45) is 0 Å². The van der Waals surface area contributed by atoms with E-state index in [0.717, 1.165) is 38.0 Å². The maximum absolute atomic E-state index is 12.3. The predicted octanol–water partition coefficient (Wildman–Crippen LogP) is 2.87. The van der Waals surface area contributed by atoms with Gasteiger partial charge in [0.25, 0.3) is 0 Å². The molecule has 0 bridgehead atoms. The summed E-state index contributed by atoms with van der Waals surface area (Å²) in [6.45, 7) is 8.77. The average molecular weight is 317 g/mol. The first-order valence-electron chi connectivity index (χ1n) is 8.53. The van der Waals surface area contributed by atoms with Gasteiger partial charge in [0, 0.05) is 37.1 Å². The summed E-state index contributed by atoms with van der Waals surface area (Å²) in [6, 6.07) is 7.77. The summed E-state index contributed by atoms with van der Waals surface area (Å²) in [6.07, 6.45) is 3.07. The number of rotatable bonds is 4. The summed E-state index contributed by atoms with van der Waals surface area (Å²) < 4.78 is 0. The standard InChI is InChI=1S/C18H27N3O2/c1-4-20(5-2)16-11-9-15(10-12-16)19-17(22)18(23)21-13-7-6-8-14(21)3/h9-12,14H,4-8,13H2,1-3H3,(H,19,22). The van der Waals surface area contributed by atoms with E-state index in [-0.39, 0.29) is 6.04 Å². The van der Waals surface area contributed by atoms with Gasteiger partial charge >= 0.3 is 11.8 Å². The fourth-order valence-electron chi connectivity index (χ4n) is 3.06. The summed E-state index contributed by atoms with van der Waals surface area (Å²) in [5.41, 5.74) is 1.77. The number of benzene rings is 1. The Morgan fingerprint density at radius 1 is 1.17 bits per heavy atom. The molecule has 0 saturated carbocycles. The Hall–Kier alpha value is -2.04. The van der Waals surface area contributed by atoms with Gasteiger partial charge in [-0.15, -0.1) is 0 Å².